The van der Waals surface area contributed by atoms with Gasteiger partial charge >= 0.3 is 0 Å². The van der Waals surface area contributed by atoms with Gasteiger partial charge in [0.1, 0.15) is 4.88 Å². The van der Waals surface area contributed by atoms with Crippen LogP contribution in [0.25, 0.3) is 0 Å². The number of rotatable bonds is 6. The minimum atomic E-state index is 0.0959. The Kier molecular flexibility index (Phi) is 5.52. The third kappa shape index (κ3) is 4.55. The Hall–Kier alpha value is -0.720. The second-order valence-corrected chi connectivity index (χ2v) is 4.53. The highest BCUT2D eigenvalue weighted by Crippen LogP contribution is 2.18. The second kappa shape index (κ2) is 6.71. The molecule has 2 N–H and O–H groups in total. The number of hydrogen-bond donors (Lipinski definition) is 2. The highest BCUT2D eigenvalue weighted by molar-refractivity contribution is 7.73. The van der Waals surface area contributed by atoms with Crippen molar-refractivity contribution in [3.63, 3.8) is 0 Å². The first-order valence-electron chi connectivity index (χ1n) is 4.73. The topological polar surface area (TPSA) is 57.6 Å². The van der Waals surface area contributed by atoms with Crippen LogP contribution < -0.4 is 0 Å². The zero-order chi connectivity index (χ0) is 11.1. The second-order valence-electron chi connectivity index (χ2n) is 2.81. The largest absolute Gasteiger partial charge is 0.494 e. The van der Waals surface area contributed by atoms with Crippen molar-refractivity contribution < 1.29 is 9.84 Å². The van der Waals surface area contributed by atoms with Crippen molar-refractivity contribution in [1.82, 2.24) is 4.98 Å². The zero-order valence-electron chi connectivity index (χ0n) is 8.52. The molecule has 0 spiro atoms. The predicted octanol–water partition coefficient (Wildman–Crippen LogP) is 2.36. The third-order valence-electron chi connectivity index (χ3n) is 1.65. The summed E-state index contributed by atoms with van der Waals surface area (Å²) in [5.41, 5.74) is 0. The average molecular weight is 246 g/mol. The maximum Gasteiger partial charge on any atom is 0.209 e. The van der Waals surface area contributed by atoms with Crippen LogP contribution in [-0.4, -0.2) is 36.1 Å². The van der Waals surface area contributed by atoms with E-state index in [9.17, 15) is 5.11 Å². The van der Waals surface area contributed by atoms with Gasteiger partial charge in [-0.05, 0) is 25.6 Å². The monoisotopic (exact) mass is 246 g/mol. The quantitative estimate of drug-likeness (QED) is 0.460. The molecule has 0 aromatic carbocycles. The van der Waals surface area contributed by atoms with Gasteiger partial charge in [0.25, 0.3) is 0 Å². The number of aromatic hydroxyl groups is 1. The molecule has 0 amide bonds. The van der Waals surface area contributed by atoms with E-state index in [1.165, 1.54) is 11.3 Å². The van der Waals surface area contributed by atoms with Crippen LogP contribution in [0.3, 0.4) is 0 Å². The standard InChI is InChI=1S/C9H14N2O2S2/c1-2-13-5-3-4-10-6-7-8(12)11-9(14)15-7/h6,12H,2-5H2,1H3,(H,11,14). The van der Waals surface area contributed by atoms with Gasteiger partial charge in [0.05, 0.1) is 0 Å². The lowest BCUT2D eigenvalue weighted by Gasteiger charge is -1.96. The van der Waals surface area contributed by atoms with E-state index in [1.54, 1.807) is 6.21 Å². The fraction of sp³-hybridized carbons (Fsp3) is 0.556. The highest BCUT2D eigenvalue weighted by Gasteiger charge is 2.00. The lowest BCUT2D eigenvalue weighted by atomic mass is 10.4. The van der Waals surface area contributed by atoms with Gasteiger partial charge in [0.15, 0.2) is 3.95 Å². The van der Waals surface area contributed by atoms with E-state index in [2.05, 4.69) is 9.98 Å². The molecule has 6 heteroatoms. The molecular formula is C9H14N2O2S2. The number of nitrogens with one attached hydrogen (secondary N) is 1. The molecule has 0 fully saturated rings. The van der Waals surface area contributed by atoms with Crippen molar-refractivity contribution in [1.29, 1.82) is 0 Å². The highest BCUT2D eigenvalue weighted by atomic mass is 32.1. The first-order valence-corrected chi connectivity index (χ1v) is 5.96. The maximum atomic E-state index is 9.34. The molecule has 15 heavy (non-hydrogen) atoms. The molecule has 0 aliphatic rings. The van der Waals surface area contributed by atoms with Crippen LogP contribution in [0, 0.1) is 3.95 Å². The Labute approximate surface area is 97.6 Å². The molecule has 0 saturated carbocycles. The Morgan fingerprint density at radius 1 is 1.67 bits per heavy atom. The van der Waals surface area contributed by atoms with E-state index in [1.807, 2.05) is 6.92 Å². The third-order valence-corrected chi connectivity index (χ3v) is 2.80. The summed E-state index contributed by atoms with van der Waals surface area (Å²) in [4.78, 5) is 7.49. The summed E-state index contributed by atoms with van der Waals surface area (Å²) in [5.74, 6) is 0.0959. The van der Waals surface area contributed by atoms with Crippen molar-refractivity contribution in [2.75, 3.05) is 19.8 Å². The SMILES string of the molecule is CCOCCCN=Cc1sc(=S)[nH]c1O. The van der Waals surface area contributed by atoms with Gasteiger partial charge in [-0.1, -0.05) is 11.3 Å². The van der Waals surface area contributed by atoms with Crippen molar-refractivity contribution >= 4 is 29.8 Å². The molecule has 1 aromatic rings. The van der Waals surface area contributed by atoms with Gasteiger partial charge in [-0.2, -0.15) is 0 Å². The molecule has 0 radical (unpaired) electrons. The molecule has 0 saturated heterocycles. The molecule has 1 aromatic heterocycles. The van der Waals surface area contributed by atoms with Crippen LogP contribution in [0.4, 0.5) is 0 Å². The number of aliphatic imine (C=N–C) groups is 1. The van der Waals surface area contributed by atoms with Crippen molar-refractivity contribution in [2.24, 2.45) is 4.99 Å². The van der Waals surface area contributed by atoms with Crippen LogP contribution in [-0.2, 0) is 4.74 Å². The number of ether oxygens (including phenoxy) is 1. The molecule has 1 heterocycles. The molecule has 0 atom stereocenters. The maximum absolute atomic E-state index is 9.34. The molecule has 0 aliphatic heterocycles. The lowest BCUT2D eigenvalue weighted by Crippen LogP contribution is -1.95. The van der Waals surface area contributed by atoms with Gasteiger partial charge in [0.2, 0.25) is 5.88 Å². The summed E-state index contributed by atoms with van der Waals surface area (Å²) in [7, 11) is 0. The first-order chi connectivity index (χ1) is 7.24. The first kappa shape index (κ1) is 12.4. The van der Waals surface area contributed by atoms with Crippen molar-refractivity contribution in [3.8, 4) is 5.88 Å². The molecule has 0 aliphatic carbocycles. The number of H-pyrrole nitrogens is 1. The van der Waals surface area contributed by atoms with E-state index in [0.29, 0.717) is 15.4 Å². The molecule has 0 unspecified atom stereocenters. The molecule has 4 nitrogen and oxygen atoms in total. The van der Waals surface area contributed by atoms with E-state index in [4.69, 9.17) is 17.0 Å². The van der Waals surface area contributed by atoms with E-state index in [0.717, 1.165) is 19.6 Å². The number of aromatic nitrogens is 1. The van der Waals surface area contributed by atoms with Crippen molar-refractivity contribution in [3.05, 3.63) is 8.83 Å². The summed E-state index contributed by atoms with van der Waals surface area (Å²) in [6.45, 7) is 4.13. The smallest absolute Gasteiger partial charge is 0.209 e. The minimum Gasteiger partial charge on any atom is -0.494 e. The average Bonchev–Trinajstić information content (AvgIpc) is 2.51. The summed E-state index contributed by atoms with van der Waals surface area (Å²) in [6.07, 6.45) is 2.53. The van der Waals surface area contributed by atoms with Gasteiger partial charge in [-0.3, -0.25) is 4.99 Å². The predicted molar refractivity (Wildman–Crippen MR) is 64.7 cm³/mol. The number of aromatic amines is 1. The molecular weight excluding hydrogens is 232 g/mol. The molecule has 1 rings (SSSR count). The van der Waals surface area contributed by atoms with E-state index in [-0.39, 0.29) is 5.88 Å². The van der Waals surface area contributed by atoms with Gasteiger partial charge < -0.3 is 14.8 Å². The Bertz CT molecular complexity index is 370. The fourth-order valence-corrected chi connectivity index (χ4v) is 1.96. The lowest BCUT2D eigenvalue weighted by molar-refractivity contribution is 0.146. The van der Waals surface area contributed by atoms with Crippen LogP contribution >= 0.6 is 23.6 Å². The Balaban J connectivity index is 2.32. The van der Waals surface area contributed by atoms with Crippen LogP contribution in [0.1, 0.15) is 18.2 Å². The number of hydrogen-bond acceptors (Lipinski definition) is 5. The molecule has 0 bridgehead atoms. The summed E-state index contributed by atoms with van der Waals surface area (Å²) >= 11 is 6.19. The normalized spacial score (nSPS) is 11.3. The minimum absolute atomic E-state index is 0.0959. The fourth-order valence-electron chi connectivity index (χ4n) is 0.969. The number of thiazole rings is 1. The summed E-state index contributed by atoms with van der Waals surface area (Å²) < 4.78 is 5.73. The number of nitrogens with zero attached hydrogens (tertiary/aromatic N) is 1. The molecule has 84 valence electrons. The van der Waals surface area contributed by atoms with Crippen LogP contribution in [0.2, 0.25) is 0 Å². The van der Waals surface area contributed by atoms with E-state index >= 15 is 0 Å². The van der Waals surface area contributed by atoms with Gasteiger partial charge in [-0.15, -0.1) is 0 Å². The van der Waals surface area contributed by atoms with Crippen LogP contribution in [0.5, 0.6) is 5.88 Å². The summed E-state index contributed by atoms with van der Waals surface area (Å²) in [5, 5.41) is 9.34. The Morgan fingerprint density at radius 2 is 2.47 bits per heavy atom. The van der Waals surface area contributed by atoms with Crippen molar-refractivity contribution in [2.45, 2.75) is 13.3 Å². The van der Waals surface area contributed by atoms with Crippen LogP contribution in [0.15, 0.2) is 4.99 Å². The van der Waals surface area contributed by atoms with E-state index < -0.39 is 0 Å². The Morgan fingerprint density at radius 3 is 3.07 bits per heavy atom. The summed E-state index contributed by atoms with van der Waals surface area (Å²) in [6, 6.07) is 0. The van der Waals surface area contributed by atoms with Gasteiger partial charge in [-0.25, -0.2) is 0 Å². The zero-order valence-corrected chi connectivity index (χ0v) is 10.2. The van der Waals surface area contributed by atoms with Gasteiger partial charge in [0, 0.05) is 26.0 Å².